The van der Waals surface area contributed by atoms with Gasteiger partial charge in [-0.3, -0.25) is 14.9 Å². The fourth-order valence-electron chi connectivity index (χ4n) is 10.2. The number of benzene rings is 8. The Morgan fingerprint density at radius 1 is 0.545 bits per heavy atom. The third-order valence-corrected chi connectivity index (χ3v) is 14.3. The molecule has 77 heavy (non-hydrogen) atoms. The zero-order valence-electron chi connectivity index (χ0n) is 43.1. The minimum absolute atomic E-state index is 0.0694. The highest BCUT2D eigenvalue weighted by Gasteiger charge is 2.54. The first-order chi connectivity index (χ1) is 38.0. The Bertz CT molecular complexity index is 3060. The minimum Gasteiger partial charge on any atom is -0.489 e. The van der Waals surface area contributed by atoms with Crippen LogP contribution in [0.1, 0.15) is 81.8 Å². The molecular formula is C66H65N3O8. The molecule has 3 aliphatic rings. The summed E-state index contributed by atoms with van der Waals surface area (Å²) in [4.78, 5) is 30.9. The van der Waals surface area contributed by atoms with Gasteiger partial charge < -0.3 is 33.7 Å². The van der Waals surface area contributed by atoms with Crippen LogP contribution in [0.25, 0.3) is 0 Å². The van der Waals surface area contributed by atoms with Gasteiger partial charge in [0.25, 0.3) is 0 Å². The van der Waals surface area contributed by atoms with Crippen LogP contribution in [0.4, 0.5) is 0 Å². The molecule has 0 saturated carbocycles. The zero-order chi connectivity index (χ0) is 52.6. The van der Waals surface area contributed by atoms with Crippen molar-refractivity contribution in [1.29, 1.82) is 0 Å². The summed E-state index contributed by atoms with van der Waals surface area (Å²) in [5.41, 5.74) is 8.27. The summed E-state index contributed by atoms with van der Waals surface area (Å²) in [5.74, 6) is 2.15. The van der Waals surface area contributed by atoms with E-state index in [-0.39, 0.29) is 37.2 Å². The Morgan fingerprint density at radius 3 is 1.49 bits per heavy atom. The quantitative estimate of drug-likeness (QED) is 0.0758. The molecule has 0 aromatic heterocycles. The maximum Gasteiger partial charge on any atom is 0.326 e. The summed E-state index contributed by atoms with van der Waals surface area (Å²) in [5, 5.41) is 13.5. The van der Waals surface area contributed by atoms with E-state index in [1.54, 1.807) is 0 Å². The number of carbonyl (C=O) groups excluding carboxylic acids is 2. The van der Waals surface area contributed by atoms with Crippen molar-refractivity contribution >= 4 is 11.9 Å². The summed E-state index contributed by atoms with van der Waals surface area (Å²) in [6.45, 7) is 3.29. The lowest BCUT2D eigenvalue weighted by Gasteiger charge is -2.39. The van der Waals surface area contributed by atoms with Crippen molar-refractivity contribution < 1.29 is 38.4 Å². The second-order valence-corrected chi connectivity index (χ2v) is 19.6. The molecule has 11 rings (SSSR count). The Hall–Kier alpha value is -8.06. The van der Waals surface area contributed by atoms with Crippen LogP contribution in [0.3, 0.4) is 0 Å². The normalized spacial score (nSPS) is 18.7. The van der Waals surface area contributed by atoms with E-state index in [0.717, 1.165) is 87.7 Å². The number of aliphatic hydroxyl groups is 1. The van der Waals surface area contributed by atoms with E-state index >= 15 is 0 Å². The second-order valence-electron chi connectivity index (χ2n) is 19.6. The Morgan fingerprint density at radius 2 is 1.00 bits per heavy atom. The summed E-state index contributed by atoms with van der Waals surface area (Å²) < 4.78 is 30.5. The number of rotatable bonds is 19. The van der Waals surface area contributed by atoms with Crippen LogP contribution in [0.15, 0.2) is 224 Å². The first-order valence-electron chi connectivity index (χ1n) is 26.6. The predicted molar refractivity (Wildman–Crippen MR) is 297 cm³/mol. The fraction of sp³-hybridized carbons (Fsp3) is 0.242. The largest absolute Gasteiger partial charge is 0.489 e. The maximum atomic E-state index is 13.4. The number of nitrogens with one attached hydrogen (secondary N) is 1. The number of carbonyl (C=O) groups is 2. The van der Waals surface area contributed by atoms with E-state index in [4.69, 9.17) is 23.7 Å². The SMILES string of the molecule is O=C([C@H](Cc1ccc(OCc2ccccc2)cc1)NC(CO)c1ccccc1)N1CCCC1.O=C1OC[C@H](c2ccccc2)N2C1[C@@H](c1ccc(OCc3ccccc3)cc1)O[C@H]2c1ccc(OCc2ccccc2)cc1. The number of hydrogen-bond acceptors (Lipinski definition) is 10. The lowest BCUT2D eigenvalue weighted by atomic mass is 9.96. The molecular weight excluding hydrogens is 963 g/mol. The third-order valence-electron chi connectivity index (χ3n) is 14.3. The lowest BCUT2D eigenvalue weighted by Crippen LogP contribution is -2.49. The number of ether oxygens (including phenoxy) is 5. The topological polar surface area (TPSA) is 119 Å². The summed E-state index contributed by atoms with van der Waals surface area (Å²) in [6.07, 6.45) is 1.68. The molecule has 0 radical (unpaired) electrons. The van der Waals surface area contributed by atoms with Crippen LogP contribution < -0.4 is 19.5 Å². The molecule has 3 aliphatic heterocycles. The predicted octanol–water partition coefficient (Wildman–Crippen LogP) is 11.7. The third kappa shape index (κ3) is 13.7. The molecule has 1 amide bonds. The van der Waals surface area contributed by atoms with Gasteiger partial charge in [-0.05, 0) is 100 Å². The monoisotopic (exact) mass is 1030 g/mol. The average molecular weight is 1030 g/mol. The molecule has 0 spiro atoms. The summed E-state index contributed by atoms with van der Waals surface area (Å²) in [7, 11) is 0. The van der Waals surface area contributed by atoms with Crippen molar-refractivity contribution in [3.63, 3.8) is 0 Å². The number of cyclic esters (lactones) is 1. The van der Waals surface area contributed by atoms with Gasteiger partial charge in [-0.15, -0.1) is 0 Å². The number of likely N-dealkylation sites (tertiary alicyclic amines) is 1. The smallest absolute Gasteiger partial charge is 0.326 e. The standard InChI is InChI=1S/C38H33NO5.C28H32N2O3/c40-38-35-36(30-16-20-32(21-17-30)41-24-27-10-4-1-5-11-27)44-37(39(35)34(26-43-38)29-14-8-3-9-15-29)31-18-22-33(23-19-31)42-25-28-12-6-2-7-13-28;31-20-27(24-11-5-2-6-12-24)29-26(28(32)30-17-7-8-18-30)19-22-13-15-25(16-14-22)33-21-23-9-3-1-4-10-23/h1-23,34-37H,24-26H2;1-6,9-16,26-27,29,31H,7-8,17-21H2/t34-,35?,36-,37+;26-,27?/m10/s1. The van der Waals surface area contributed by atoms with Crippen LogP contribution in [-0.4, -0.2) is 65.2 Å². The van der Waals surface area contributed by atoms with Crippen molar-refractivity contribution in [2.45, 2.75) is 75.6 Å². The first-order valence-corrected chi connectivity index (χ1v) is 26.6. The molecule has 11 heteroatoms. The molecule has 8 aromatic carbocycles. The van der Waals surface area contributed by atoms with E-state index < -0.39 is 24.4 Å². The number of esters is 1. The van der Waals surface area contributed by atoms with Gasteiger partial charge in [0.2, 0.25) is 5.91 Å². The van der Waals surface area contributed by atoms with Crippen LogP contribution >= 0.6 is 0 Å². The Kier molecular flexibility index (Phi) is 17.8. The Balaban J connectivity index is 0.000000182. The minimum atomic E-state index is -0.607. The number of morpholine rings is 1. The van der Waals surface area contributed by atoms with Crippen molar-refractivity contribution in [3.8, 4) is 17.2 Å². The van der Waals surface area contributed by atoms with Gasteiger partial charge in [-0.25, -0.2) is 4.90 Å². The van der Waals surface area contributed by atoms with Crippen LogP contribution in [0.2, 0.25) is 0 Å². The number of aliphatic hydroxyl groups excluding tert-OH is 1. The van der Waals surface area contributed by atoms with Gasteiger partial charge in [0.15, 0.2) is 0 Å². The van der Waals surface area contributed by atoms with Gasteiger partial charge in [0.05, 0.1) is 24.7 Å². The number of hydrogen-bond donors (Lipinski definition) is 2. The lowest BCUT2D eigenvalue weighted by molar-refractivity contribution is -0.163. The van der Waals surface area contributed by atoms with Gasteiger partial charge in [0.1, 0.15) is 62.0 Å². The molecule has 3 fully saturated rings. The highest BCUT2D eigenvalue weighted by atomic mass is 16.6. The first kappa shape index (κ1) is 52.4. The average Bonchev–Trinajstić information content (AvgIpc) is 4.19. The van der Waals surface area contributed by atoms with Crippen molar-refractivity contribution in [2.24, 2.45) is 0 Å². The molecule has 11 nitrogen and oxygen atoms in total. The van der Waals surface area contributed by atoms with Crippen molar-refractivity contribution in [3.05, 3.63) is 269 Å². The molecule has 3 saturated heterocycles. The van der Waals surface area contributed by atoms with E-state index in [2.05, 4.69) is 22.3 Å². The fourth-order valence-corrected chi connectivity index (χ4v) is 10.2. The summed E-state index contributed by atoms with van der Waals surface area (Å²) in [6, 6.07) is 72.5. The van der Waals surface area contributed by atoms with Crippen molar-refractivity contribution in [1.82, 2.24) is 15.1 Å². The molecule has 2 N–H and O–H groups in total. The molecule has 3 heterocycles. The van der Waals surface area contributed by atoms with E-state index in [9.17, 15) is 14.7 Å². The van der Waals surface area contributed by atoms with Gasteiger partial charge in [-0.2, -0.15) is 0 Å². The number of amides is 1. The van der Waals surface area contributed by atoms with Crippen LogP contribution in [0, 0.1) is 0 Å². The maximum absolute atomic E-state index is 13.4. The van der Waals surface area contributed by atoms with Gasteiger partial charge >= 0.3 is 5.97 Å². The number of fused-ring (bicyclic) bond motifs is 1. The van der Waals surface area contributed by atoms with Crippen LogP contribution in [-0.2, 0) is 45.3 Å². The highest BCUT2D eigenvalue weighted by Crippen LogP contribution is 2.49. The summed E-state index contributed by atoms with van der Waals surface area (Å²) >= 11 is 0. The second kappa shape index (κ2) is 26.1. The Labute approximate surface area is 451 Å². The molecule has 8 aromatic rings. The number of nitrogens with zero attached hydrogens (tertiary/aromatic N) is 2. The highest BCUT2D eigenvalue weighted by molar-refractivity contribution is 5.82. The van der Waals surface area contributed by atoms with Gasteiger partial charge in [0, 0.05) is 13.1 Å². The van der Waals surface area contributed by atoms with Gasteiger partial charge in [-0.1, -0.05) is 188 Å². The van der Waals surface area contributed by atoms with Crippen LogP contribution in [0.5, 0.6) is 17.2 Å². The van der Waals surface area contributed by atoms with E-state index in [1.165, 1.54) is 0 Å². The van der Waals surface area contributed by atoms with Crippen molar-refractivity contribution in [2.75, 3.05) is 26.3 Å². The molecule has 2 unspecified atom stereocenters. The zero-order valence-corrected chi connectivity index (χ0v) is 43.1. The molecule has 6 atom stereocenters. The molecule has 0 bridgehead atoms. The van der Waals surface area contributed by atoms with E-state index in [0.29, 0.717) is 26.2 Å². The molecule has 392 valence electrons. The molecule has 0 aliphatic carbocycles. The van der Waals surface area contributed by atoms with E-state index in [1.807, 2.05) is 217 Å².